The molecule has 0 bridgehead atoms. The summed E-state index contributed by atoms with van der Waals surface area (Å²) in [5.41, 5.74) is 3.17. The van der Waals surface area contributed by atoms with Gasteiger partial charge < -0.3 is 0 Å². The van der Waals surface area contributed by atoms with Gasteiger partial charge in [-0.3, -0.25) is 0 Å². The fourth-order valence-electron chi connectivity index (χ4n) is 3.54. The van der Waals surface area contributed by atoms with Crippen LogP contribution < -0.4 is 0 Å². The van der Waals surface area contributed by atoms with Gasteiger partial charge in [0.25, 0.3) is 0 Å². The van der Waals surface area contributed by atoms with Crippen LogP contribution in [0.15, 0.2) is 18.2 Å². The van der Waals surface area contributed by atoms with Crippen LogP contribution in [0.25, 0.3) is 0 Å². The van der Waals surface area contributed by atoms with Gasteiger partial charge in [-0.05, 0) is 54.4 Å². The SMILES string of the molecule is CC.Fc1ccc2c(c1)CCC21CCCCC1. The fourth-order valence-corrected chi connectivity index (χ4v) is 3.54. The van der Waals surface area contributed by atoms with E-state index in [2.05, 4.69) is 0 Å². The van der Waals surface area contributed by atoms with Gasteiger partial charge in [0.1, 0.15) is 5.82 Å². The third-order valence-corrected chi connectivity index (χ3v) is 4.32. The molecule has 1 heteroatoms. The van der Waals surface area contributed by atoms with E-state index in [0.717, 1.165) is 6.42 Å². The summed E-state index contributed by atoms with van der Waals surface area (Å²) >= 11 is 0. The first-order valence-electron chi connectivity index (χ1n) is 7.09. The Morgan fingerprint density at radius 2 is 1.71 bits per heavy atom. The molecule has 0 N–H and O–H groups in total. The monoisotopic (exact) mass is 234 g/mol. The van der Waals surface area contributed by atoms with Crippen molar-refractivity contribution in [3.05, 3.63) is 35.1 Å². The zero-order chi connectivity index (χ0) is 12.3. The number of hydrogen-bond acceptors (Lipinski definition) is 0. The zero-order valence-electron chi connectivity index (χ0n) is 11.1. The molecule has 0 saturated heterocycles. The highest BCUT2D eigenvalue weighted by Gasteiger charge is 2.39. The molecule has 1 spiro atoms. The van der Waals surface area contributed by atoms with E-state index in [0.29, 0.717) is 5.41 Å². The first-order chi connectivity index (χ1) is 8.30. The highest BCUT2D eigenvalue weighted by atomic mass is 19.1. The molecule has 0 aromatic heterocycles. The van der Waals surface area contributed by atoms with E-state index < -0.39 is 0 Å². The normalized spacial score (nSPS) is 20.6. The van der Waals surface area contributed by atoms with E-state index in [9.17, 15) is 4.39 Å². The standard InChI is InChI=1S/C14H17F.C2H6/c15-12-4-5-13-11(10-12)6-9-14(13)7-2-1-3-8-14;1-2/h4-5,10H,1-3,6-9H2;1-2H3. The smallest absolute Gasteiger partial charge is 0.123 e. The number of fused-ring (bicyclic) bond motifs is 2. The maximum atomic E-state index is 13.1. The van der Waals surface area contributed by atoms with Gasteiger partial charge in [0.2, 0.25) is 0 Å². The van der Waals surface area contributed by atoms with E-state index in [1.807, 2.05) is 19.9 Å². The van der Waals surface area contributed by atoms with E-state index in [4.69, 9.17) is 0 Å². The van der Waals surface area contributed by atoms with Crippen LogP contribution in [-0.4, -0.2) is 0 Å². The van der Waals surface area contributed by atoms with Gasteiger partial charge in [-0.2, -0.15) is 0 Å². The van der Waals surface area contributed by atoms with E-state index in [-0.39, 0.29) is 5.82 Å². The van der Waals surface area contributed by atoms with Crippen LogP contribution in [0.4, 0.5) is 4.39 Å². The number of halogens is 1. The molecule has 0 nitrogen and oxygen atoms in total. The van der Waals surface area contributed by atoms with Crippen molar-refractivity contribution in [1.82, 2.24) is 0 Å². The van der Waals surface area contributed by atoms with Crippen LogP contribution >= 0.6 is 0 Å². The lowest BCUT2D eigenvalue weighted by molar-refractivity contribution is 0.292. The summed E-state index contributed by atoms with van der Waals surface area (Å²) in [6.45, 7) is 4.00. The van der Waals surface area contributed by atoms with Crippen LogP contribution in [0.5, 0.6) is 0 Å². The summed E-state index contributed by atoms with van der Waals surface area (Å²) in [4.78, 5) is 0. The molecule has 0 amide bonds. The average Bonchev–Trinajstić information content (AvgIpc) is 2.71. The second-order valence-corrected chi connectivity index (χ2v) is 5.14. The van der Waals surface area contributed by atoms with Crippen molar-refractivity contribution < 1.29 is 4.39 Å². The lowest BCUT2D eigenvalue weighted by Gasteiger charge is -2.34. The Labute approximate surface area is 104 Å². The van der Waals surface area contributed by atoms with Crippen molar-refractivity contribution in [3.63, 3.8) is 0 Å². The van der Waals surface area contributed by atoms with Gasteiger partial charge in [0.05, 0.1) is 0 Å². The number of benzene rings is 1. The summed E-state index contributed by atoms with van der Waals surface area (Å²) in [7, 11) is 0. The molecule has 1 fully saturated rings. The first-order valence-corrected chi connectivity index (χ1v) is 7.09. The van der Waals surface area contributed by atoms with Crippen LogP contribution in [-0.2, 0) is 11.8 Å². The quantitative estimate of drug-likeness (QED) is 0.592. The second-order valence-electron chi connectivity index (χ2n) is 5.14. The van der Waals surface area contributed by atoms with E-state index in [1.54, 1.807) is 12.1 Å². The third kappa shape index (κ3) is 2.25. The van der Waals surface area contributed by atoms with Gasteiger partial charge in [0, 0.05) is 0 Å². The Kier molecular flexibility index (Phi) is 3.86. The molecule has 1 aromatic rings. The summed E-state index contributed by atoms with van der Waals surface area (Å²) < 4.78 is 13.1. The Bertz CT molecular complexity index is 375. The molecule has 2 aliphatic carbocycles. The van der Waals surface area contributed by atoms with Crippen LogP contribution in [0.1, 0.15) is 63.5 Å². The summed E-state index contributed by atoms with van der Waals surface area (Å²) in [6.07, 6.45) is 9.10. The lowest BCUT2D eigenvalue weighted by atomic mass is 9.70. The van der Waals surface area contributed by atoms with Crippen molar-refractivity contribution in [1.29, 1.82) is 0 Å². The van der Waals surface area contributed by atoms with Crippen molar-refractivity contribution in [2.24, 2.45) is 0 Å². The third-order valence-electron chi connectivity index (χ3n) is 4.32. The molecule has 0 heterocycles. The van der Waals surface area contributed by atoms with Gasteiger partial charge >= 0.3 is 0 Å². The number of hydrogen-bond donors (Lipinski definition) is 0. The second kappa shape index (κ2) is 5.20. The van der Waals surface area contributed by atoms with Gasteiger partial charge in [-0.25, -0.2) is 4.39 Å². The Hall–Kier alpha value is -0.850. The number of rotatable bonds is 0. The fraction of sp³-hybridized carbons (Fsp3) is 0.625. The average molecular weight is 234 g/mol. The van der Waals surface area contributed by atoms with E-state index >= 15 is 0 Å². The van der Waals surface area contributed by atoms with Gasteiger partial charge in [-0.15, -0.1) is 0 Å². The molecular formula is C16H23F. The van der Waals surface area contributed by atoms with Crippen molar-refractivity contribution >= 4 is 0 Å². The molecule has 1 aromatic carbocycles. The molecule has 1 saturated carbocycles. The molecule has 94 valence electrons. The van der Waals surface area contributed by atoms with Crippen molar-refractivity contribution in [3.8, 4) is 0 Å². The minimum absolute atomic E-state index is 0.0680. The maximum Gasteiger partial charge on any atom is 0.123 e. The minimum atomic E-state index is -0.0680. The molecule has 0 unspecified atom stereocenters. The molecule has 0 atom stereocenters. The molecule has 0 aliphatic heterocycles. The predicted octanol–water partition coefficient (Wildman–Crippen LogP) is 5.00. The topological polar surface area (TPSA) is 0 Å². The van der Waals surface area contributed by atoms with Crippen molar-refractivity contribution in [2.75, 3.05) is 0 Å². The van der Waals surface area contributed by atoms with Crippen LogP contribution in [0.3, 0.4) is 0 Å². The lowest BCUT2D eigenvalue weighted by Crippen LogP contribution is -2.25. The predicted molar refractivity (Wildman–Crippen MR) is 70.8 cm³/mol. The molecule has 2 aliphatic rings. The summed E-state index contributed by atoms with van der Waals surface area (Å²) in [6, 6.07) is 5.43. The van der Waals surface area contributed by atoms with Crippen molar-refractivity contribution in [2.45, 2.75) is 64.2 Å². The van der Waals surface area contributed by atoms with Crippen LogP contribution in [0.2, 0.25) is 0 Å². The first kappa shape index (κ1) is 12.6. The highest BCUT2D eigenvalue weighted by Crippen LogP contribution is 2.48. The van der Waals surface area contributed by atoms with Gasteiger partial charge in [0.15, 0.2) is 0 Å². The Balaban J connectivity index is 0.000000514. The molecular weight excluding hydrogens is 211 g/mol. The highest BCUT2D eigenvalue weighted by molar-refractivity contribution is 5.40. The Morgan fingerprint density at radius 1 is 1.00 bits per heavy atom. The van der Waals surface area contributed by atoms with Gasteiger partial charge in [-0.1, -0.05) is 39.2 Å². The minimum Gasteiger partial charge on any atom is -0.207 e. The Morgan fingerprint density at radius 3 is 2.41 bits per heavy atom. The summed E-state index contributed by atoms with van der Waals surface area (Å²) in [5, 5.41) is 0. The molecule has 3 rings (SSSR count). The summed E-state index contributed by atoms with van der Waals surface area (Å²) in [5.74, 6) is -0.0680. The zero-order valence-corrected chi connectivity index (χ0v) is 11.1. The van der Waals surface area contributed by atoms with E-state index in [1.165, 1.54) is 49.7 Å². The molecule has 17 heavy (non-hydrogen) atoms. The maximum absolute atomic E-state index is 13.1. The molecule has 0 radical (unpaired) electrons. The largest absolute Gasteiger partial charge is 0.207 e. The number of aryl methyl sites for hydroxylation is 1. The van der Waals surface area contributed by atoms with Crippen LogP contribution in [0, 0.1) is 5.82 Å².